The first kappa shape index (κ1) is 10.2. The van der Waals surface area contributed by atoms with Crippen LogP contribution < -0.4 is 11.5 Å². The van der Waals surface area contributed by atoms with E-state index in [9.17, 15) is 15.3 Å². The van der Waals surface area contributed by atoms with E-state index in [2.05, 4.69) is 12.6 Å². The quantitative estimate of drug-likeness (QED) is 0.231. The molecule has 6 heteroatoms. The second-order valence-corrected chi connectivity index (χ2v) is 3.71. The van der Waals surface area contributed by atoms with Crippen molar-refractivity contribution in [2.24, 2.45) is 11.5 Å². The average Bonchev–Trinajstić information content (AvgIpc) is 2.08. The zero-order valence-corrected chi connectivity index (χ0v) is 7.30. The minimum atomic E-state index is -1.08. The fraction of sp³-hybridized carbons (Fsp3) is 1.00. The molecular formula is C6H14N2O3S. The Hall–Kier alpha value is 0.150. The Balaban J connectivity index is 2.76. The molecule has 4 atom stereocenters. The molecule has 0 saturated heterocycles. The normalized spacial score (nSPS) is 55.5. The van der Waals surface area contributed by atoms with Crippen LogP contribution in [-0.2, 0) is 0 Å². The summed E-state index contributed by atoms with van der Waals surface area (Å²) in [5.74, 6) is 0. The molecule has 12 heavy (non-hydrogen) atoms. The predicted octanol–water partition coefficient (Wildman–Crippen LogP) is -2.96. The summed E-state index contributed by atoms with van der Waals surface area (Å²) in [7, 11) is 0. The highest BCUT2D eigenvalue weighted by Gasteiger charge is 2.44. The predicted molar refractivity (Wildman–Crippen MR) is 46.7 cm³/mol. The summed E-state index contributed by atoms with van der Waals surface area (Å²) in [4.78, 5) is 0. The van der Waals surface area contributed by atoms with Crippen molar-refractivity contribution in [3.05, 3.63) is 0 Å². The van der Waals surface area contributed by atoms with E-state index in [-0.39, 0.29) is 0 Å². The van der Waals surface area contributed by atoms with Gasteiger partial charge in [0.15, 0.2) is 0 Å². The minimum Gasteiger partial charge on any atom is -0.390 e. The second-order valence-electron chi connectivity index (χ2n) is 3.12. The van der Waals surface area contributed by atoms with E-state index in [0.717, 1.165) is 0 Å². The van der Waals surface area contributed by atoms with Crippen molar-refractivity contribution < 1.29 is 15.3 Å². The molecule has 1 aliphatic carbocycles. The van der Waals surface area contributed by atoms with Gasteiger partial charge in [-0.1, -0.05) is 0 Å². The fourth-order valence-electron chi connectivity index (χ4n) is 1.32. The van der Waals surface area contributed by atoms with Crippen LogP contribution in [0.3, 0.4) is 0 Å². The van der Waals surface area contributed by atoms with Crippen molar-refractivity contribution in [3.8, 4) is 0 Å². The first-order valence-corrected chi connectivity index (χ1v) is 4.22. The largest absolute Gasteiger partial charge is 0.390 e. The van der Waals surface area contributed by atoms with Crippen molar-refractivity contribution in [1.29, 1.82) is 0 Å². The molecule has 1 saturated carbocycles. The van der Waals surface area contributed by atoms with E-state index >= 15 is 0 Å². The molecule has 7 N–H and O–H groups in total. The maximum absolute atomic E-state index is 9.33. The zero-order chi connectivity index (χ0) is 9.46. The summed E-state index contributed by atoms with van der Waals surface area (Å²) < 4.78 is 0. The first-order valence-electron chi connectivity index (χ1n) is 3.70. The van der Waals surface area contributed by atoms with Gasteiger partial charge in [0.1, 0.15) is 0 Å². The van der Waals surface area contributed by atoms with Crippen LogP contribution >= 0.6 is 12.6 Å². The monoisotopic (exact) mass is 194 g/mol. The minimum absolute atomic E-state index is 0.696. The van der Waals surface area contributed by atoms with Gasteiger partial charge in [0.05, 0.1) is 35.6 Å². The van der Waals surface area contributed by atoms with E-state index < -0.39 is 35.6 Å². The van der Waals surface area contributed by atoms with Gasteiger partial charge in [-0.2, -0.15) is 12.6 Å². The van der Waals surface area contributed by atoms with E-state index in [1.165, 1.54) is 0 Å². The van der Waals surface area contributed by atoms with Crippen LogP contribution in [0.2, 0.25) is 0 Å². The third kappa shape index (κ3) is 1.46. The highest BCUT2D eigenvalue weighted by atomic mass is 32.1. The van der Waals surface area contributed by atoms with Crippen LogP contribution in [0.25, 0.3) is 0 Å². The highest BCUT2D eigenvalue weighted by molar-refractivity contribution is 7.81. The van der Waals surface area contributed by atoms with Gasteiger partial charge in [0.2, 0.25) is 0 Å². The van der Waals surface area contributed by atoms with Gasteiger partial charge in [-0.05, 0) is 0 Å². The lowest BCUT2D eigenvalue weighted by molar-refractivity contribution is -0.0498. The lowest BCUT2D eigenvalue weighted by Crippen LogP contribution is -2.67. The van der Waals surface area contributed by atoms with Gasteiger partial charge in [-0.3, -0.25) is 0 Å². The number of thiol groups is 1. The Morgan fingerprint density at radius 3 is 1.50 bits per heavy atom. The lowest BCUT2D eigenvalue weighted by atomic mass is 9.84. The van der Waals surface area contributed by atoms with Crippen LogP contribution in [0.1, 0.15) is 0 Å². The third-order valence-electron chi connectivity index (χ3n) is 2.28. The molecule has 5 nitrogen and oxygen atoms in total. The van der Waals surface area contributed by atoms with Crippen LogP contribution in [0.4, 0.5) is 0 Å². The number of rotatable bonds is 0. The SMILES string of the molecule is NC1C(O)C(N)C(O)C(S)C1O. The van der Waals surface area contributed by atoms with Crippen LogP contribution in [-0.4, -0.2) is 51.0 Å². The second kappa shape index (κ2) is 3.49. The first-order chi connectivity index (χ1) is 5.46. The van der Waals surface area contributed by atoms with Crippen LogP contribution in [0, 0.1) is 0 Å². The maximum atomic E-state index is 9.33. The molecule has 0 radical (unpaired) electrons. The fourth-order valence-corrected chi connectivity index (χ4v) is 1.72. The maximum Gasteiger partial charge on any atom is 0.0893 e. The summed E-state index contributed by atoms with van der Waals surface area (Å²) in [6.07, 6.45) is -3.14. The van der Waals surface area contributed by atoms with Crippen molar-refractivity contribution in [1.82, 2.24) is 0 Å². The number of hydrogen-bond acceptors (Lipinski definition) is 6. The van der Waals surface area contributed by atoms with Crippen molar-refractivity contribution in [2.75, 3.05) is 0 Å². The molecule has 0 aliphatic heterocycles. The van der Waals surface area contributed by atoms with Crippen molar-refractivity contribution >= 4 is 12.6 Å². The zero-order valence-electron chi connectivity index (χ0n) is 6.41. The molecule has 1 aliphatic rings. The summed E-state index contributed by atoms with van der Waals surface area (Å²) >= 11 is 3.94. The summed E-state index contributed by atoms with van der Waals surface area (Å²) in [5.41, 5.74) is 10.8. The molecule has 0 spiro atoms. The molecule has 0 aromatic heterocycles. The third-order valence-corrected chi connectivity index (χ3v) is 2.89. The number of aliphatic hydroxyl groups excluding tert-OH is 3. The Bertz CT molecular complexity index is 112. The molecular weight excluding hydrogens is 180 g/mol. The Morgan fingerprint density at radius 2 is 1.17 bits per heavy atom. The van der Waals surface area contributed by atoms with Gasteiger partial charge in [-0.25, -0.2) is 0 Å². The molecule has 72 valence electrons. The average molecular weight is 194 g/mol. The molecule has 1 fully saturated rings. The topological polar surface area (TPSA) is 113 Å². The smallest absolute Gasteiger partial charge is 0.0893 e. The Morgan fingerprint density at radius 1 is 0.833 bits per heavy atom. The summed E-state index contributed by atoms with van der Waals surface area (Å²) in [6, 6.07) is -1.68. The van der Waals surface area contributed by atoms with E-state index in [4.69, 9.17) is 11.5 Å². The Labute approximate surface area is 75.8 Å². The van der Waals surface area contributed by atoms with Gasteiger partial charge in [-0.15, -0.1) is 0 Å². The van der Waals surface area contributed by atoms with E-state index in [1.807, 2.05) is 0 Å². The number of aliphatic hydroxyl groups is 3. The van der Waals surface area contributed by atoms with Gasteiger partial charge >= 0.3 is 0 Å². The lowest BCUT2D eigenvalue weighted by Gasteiger charge is -2.41. The standard InChI is InChI=1S/C6H14N2O3S/c7-1-3(9)2(8)5(11)6(12)4(1)10/h1-6,9-12H,7-8H2. The summed E-state index contributed by atoms with van der Waals surface area (Å²) in [5, 5.41) is 27.3. The molecule has 0 aromatic carbocycles. The number of nitrogens with two attached hydrogens (primary N) is 2. The van der Waals surface area contributed by atoms with Gasteiger partial charge < -0.3 is 26.8 Å². The summed E-state index contributed by atoms with van der Waals surface area (Å²) in [6.45, 7) is 0. The van der Waals surface area contributed by atoms with Crippen molar-refractivity contribution in [2.45, 2.75) is 35.6 Å². The molecule has 4 unspecified atom stereocenters. The van der Waals surface area contributed by atoms with Crippen LogP contribution in [0.5, 0.6) is 0 Å². The van der Waals surface area contributed by atoms with Crippen LogP contribution in [0.15, 0.2) is 0 Å². The van der Waals surface area contributed by atoms with E-state index in [0.29, 0.717) is 0 Å². The molecule has 0 aromatic rings. The highest BCUT2D eigenvalue weighted by Crippen LogP contribution is 2.22. The Kier molecular flexibility index (Phi) is 2.97. The van der Waals surface area contributed by atoms with Gasteiger partial charge in [0, 0.05) is 0 Å². The van der Waals surface area contributed by atoms with Crippen molar-refractivity contribution in [3.63, 3.8) is 0 Å². The molecule has 1 rings (SSSR count). The van der Waals surface area contributed by atoms with E-state index in [1.54, 1.807) is 0 Å². The number of hydrogen-bond donors (Lipinski definition) is 6. The molecule has 0 amide bonds. The molecule has 0 bridgehead atoms. The molecule has 0 heterocycles. The van der Waals surface area contributed by atoms with Gasteiger partial charge in [0.25, 0.3) is 0 Å².